The Labute approximate surface area is 206 Å². The molecule has 1 aliphatic heterocycles. The van der Waals surface area contributed by atoms with Gasteiger partial charge in [-0.2, -0.15) is 0 Å². The Morgan fingerprint density at radius 2 is 1.83 bits per heavy atom. The van der Waals surface area contributed by atoms with Crippen LogP contribution in [-0.2, 0) is 4.79 Å². The summed E-state index contributed by atoms with van der Waals surface area (Å²) in [5.74, 6) is 1.35. The van der Waals surface area contributed by atoms with Crippen LogP contribution >= 0.6 is 0 Å². The quantitative estimate of drug-likeness (QED) is 0.516. The maximum absolute atomic E-state index is 13.3. The second-order valence-corrected chi connectivity index (χ2v) is 9.81. The van der Waals surface area contributed by atoms with Gasteiger partial charge in [0.15, 0.2) is 11.5 Å². The fourth-order valence-corrected chi connectivity index (χ4v) is 6.11. The molecular formula is C29H34N2O4. The number of hydrogen-bond donors (Lipinski definition) is 2. The minimum absolute atomic E-state index is 0.0481. The van der Waals surface area contributed by atoms with Gasteiger partial charge in [0, 0.05) is 29.6 Å². The number of hydrogen-bond acceptors (Lipinski definition) is 5. The van der Waals surface area contributed by atoms with E-state index in [4.69, 9.17) is 9.47 Å². The van der Waals surface area contributed by atoms with Gasteiger partial charge in [-0.3, -0.25) is 9.69 Å². The summed E-state index contributed by atoms with van der Waals surface area (Å²) in [5.41, 5.74) is 1.17. The Bertz CT molecular complexity index is 1210. The molecule has 6 heteroatoms. The number of ether oxygens (including phenoxy) is 2. The molecule has 2 fully saturated rings. The summed E-state index contributed by atoms with van der Waals surface area (Å²) in [7, 11) is 3.26. The molecular weight excluding hydrogens is 440 g/mol. The van der Waals surface area contributed by atoms with E-state index >= 15 is 0 Å². The summed E-state index contributed by atoms with van der Waals surface area (Å²) < 4.78 is 11.0. The second kappa shape index (κ2) is 9.88. The van der Waals surface area contributed by atoms with Crippen molar-refractivity contribution >= 4 is 22.4 Å². The fraction of sp³-hybridized carbons (Fsp3) is 0.414. The Morgan fingerprint density at radius 1 is 1.03 bits per heavy atom. The van der Waals surface area contributed by atoms with E-state index in [1.165, 1.54) is 0 Å². The minimum Gasteiger partial charge on any atom is -0.493 e. The highest BCUT2D eigenvalue weighted by molar-refractivity contribution is 6.02. The lowest BCUT2D eigenvalue weighted by molar-refractivity contribution is -0.135. The molecule has 1 saturated carbocycles. The van der Waals surface area contributed by atoms with Crippen LogP contribution in [0.5, 0.6) is 11.5 Å². The molecule has 0 bridgehead atoms. The summed E-state index contributed by atoms with van der Waals surface area (Å²) in [6.45, 7) is 0.920. The molecule has 0 spiro atoms. The lowest BCUT2D eigenvalue weighted by Crippen LogP contribution is -2.56. The van der Waals surface area contributed by atoms with Crippen LogP contribution in [0.1, 0.15) is 43.7 Å². The lowest BCUT2D eigenvalue weighted by atomic mass is 9.66. The number of amides is 1. The fourth-order valence-electron chi connectivity index (χ4n) is 6.11. The van der Waals surface area contributed by atoms with Crippen molar-refractivity contribution in [2.24, 2.45) is 5.92 Å². The molecule has 1 saturated heterocycles. The van der Waals surface area contributed by atoms with Gasteiger partial charge < -0.3 is 19.9 Å². The maximum atomic E-state index is 13.3. The van der Waals surface area contributed by atoms with Gasteiger partial charge in [0.1, 0.15) is 0 Å². The van der Waals surface area contributed by atoms with E-state index in [1.54, 1.807) is 14.2 Å². The van der Waals surface area contributed by atoms with E-state index < -0.39 is 5.60 Å². The van der Waals surface area contributed by atoms with Crippen molar-refractivity contribution in [2.45, 2.75) is 43.7 Å². The number of carbonyl (C=O) groups excluding carboxylic acids is 1. The molecule has 2 aliphatic rings. The topological polar surface area (TPSA) is 71.0 Å². The second-order valence-electron chi connectivity index (χ2n) is 9.81. The van der Waals surface area contributed by atoms with Crippen LogP contribution in [0.2, 0.25) is 0 Å². The number of fused-ring (bicyclic) bond motifs is 2. The summed E-state index contributed by atoms with van der Waals surface area (Å²) >= 11 is 0. The number of anilines is 1. The predicted octanol–water partition coefficient (Wildman–Crippen LogP) is 5.16. The Balaban J connectivity index is 1.44. The highest BCUT2D eigenvalue weighted by Crippen LogP contribution is 2.50. The zero-order valence-electron chi connectivity index (χ0n) is 20.5. The lowest BCUT2D eigenvalue weighted by Gasteiger charge is -2.52. The van der Waals surface area contributed by atoms with Crippen LogP contribution in [0.3, 0.4) is 0 Å². The third-order valence-corrected chi connectivity index (χ3v) is 7.83. The van der Waals surface area contributed by atoms with E-state index in [9.17, 15) is 9.90 Å². The third kappa shape index (κ3) is 4.60. The van der Waals surface area contributed by atoms with Crippen molar-refractivity contribution in [2.75, 3.05) is 32.6 Å². The molecule has 1 aliphatic carbocycles. The standard InChI is InChI=1S/C29H34N2O4/c1-34-25-14-13-21(18-26(25)35-2)28-23-11-5-6-15-29(23,33)16-17-31(28)19-27(32)30-24-12-7-9-20-8-3-4-10-22(20)24/h3-4,7-10,12-14,18,23,28,33H,5-6,11,15-17,19H2,1-2H3,(H,30,32)/t23-,28-,29+/m1/s1. The number of methoxy groups -OCH3 is 2. The SMILES string of the molecule is COc1ccc([C@@H]2[C@H]3CCCC[C@]3(O)CCN2CC(=O)Nc2cccc3ccccc23)cc1OC. The number of piperidine rings is 1. The molecule has 6 nitrogen and oxygen atoms in total. The third-order valence-electron chi connectivity index (χ3n) is 7.83. The summed E-state index contributed by atoms with van der Waals surface area (Å²) in [6, 6.07) is 19.9. The largest absolute Gasteiger partial charge is 0.493 e. The highest BCUT2D eigenvalue weighted by atomic mass is 16.5. The zero-order valence-corrected chi connectivity index (χ0v) is 20.5. The van der Waals surface area contributed by atoms with Gasteiger partial charge in [0.05, 0.1) is 26.4 Å². The van der Waals surface area contributed by atoms with E-state index in [2.05, 4.69) is 10.2 Å². The monoisotopic (exact) mass is 474 g/mol. The molecule has 35 heavy (non-hydrogen) atoms. The number of nitrogens with one attached hydrogen (secondary N) is 1. The molecule has 2 N–H and O–H groups in total. The van der Waals surface area contributed by atoms with Gasteiger partial charge in [-0.1, -0.05) is 55.3 Å². The number of nitrogens with zero attached hydrogens (tertiary/aromatic N) is 1. The van der Waals surface area contributed by atoms with Crippen LogP contribution in [0, 0.1) is 5.92 Å². The van der Waals surface area contributed by atoms with Gasteiger partial charge in [-0.05, 0) is 48.4 Å². The smallest absolute Gasteiger partial charge is 0.238 e. The van der Waals surface area contributed by atoms with Crippen molar-refractivity contribution in [1.82, 2.24) is 4.90 Å². The van der Waals surface area contributed by atoms with Crippen molar-refractivity contribution in [1.29, 1.82) is 0 Å². The van der Waals surface area contributed by atoms with Crippen LogP contribution in [0.4, 0.5) is 5.69 Å². The summed E-state index contributed by atoms with van der Waals surface area (Å²) in [4.78, 5) is 15.5. The van der Waals surface area contributed by atoms with E-state index in [0.717, 1.165) is 47.7 Å². The van der Waals surface area contributed by atoms with Gasteiger partial charge in [0.2, 0.25) is 5.91 Å². The predicted molar refractivity (Wildman–Crippen MR) is 138 cm³/mol. The van der Waals surface area contributed by atoms with Crippen LogP contribution in [0.25, 0.3) is 10.8 Å². The van der Waals surface area contributed by atoms with Gasteiger partial charge in [0.25, 0.3) is 0 Å². The molecule has 3 atom stereocenters. The van der Waals surface area contributed by atoms with E-state index in [-0.39, 0.29) is 24.4 Å². The Kier molecular flexibility index (Phi) is 6.67. The number of benzene rings is 3. The number of aliphatic hydroxyl groups is 1. The molecule has 1 heterocycles. The van der Waals surface area contributed by atoms with E-state index in [1.807, 2.05) is 60.7 Å². The first kappa shape index (κ1) is 23.6. The molecule has 184 valence electrons. The molecule has 0 aromatic heterocycles. The molecule has 5 rings (SSSR count). The average Bonchev–Trinajstić information content (AvgIpc) is 2.88. The Hall–Kier alpha value is -3.09. The van der Waals surface area contributed by atoms with Gasteiger partial charge in [-0.15, -0.1) is 0 Å². The van der Waals surface area contributed by atoms with Gasteiger partial charge in [-0.25, -0.2) is 0 Å². The highest BCUT2D eigenvalue weighted by Gasteiger charge is 2.49. The molecule has 0 unspecified atom stereocenters. The van der Waals surface area contributed by atoms with Crippen LogP contribution < -0.4 is 14.8 Å². The molecule has 0 radical (unpaired) electrons. The summed E-state index contributed by atoms with van der Waals surface area (Å²) in [6.07, 6.45) is 4.58. The van der Waals surface area contributed by atoms with Crippen molar-refractivity contribution in [3.8, 4) is 11.5 Å². The minimum atomic E-state index is -0.696. The maximum Gasteiger partial charge on any atom is 0.238 e. The Morgan fingerprint density at radius 3 is 2.66 bits per heavy atom. The van der Waals surface area contributed by atoms with Crippen molar-refractivity contribution < 1.29 is 19.4 Å². The first-order chi connectivity index (χ1) is 17.0. The molecule has 1 amide bonds. The van der Waals surface area contributed by atoms with Crippen molar-refractivity contribution in [3.63, 3.8) is 0 Å². The molecule has 3 aromatic rings. The summed E-state index contributed by atoms with van der Waals surface area (Å²) in [5, 5.41) is 16.8. The number of likely N-dealkylation sites (tertiary alicyclic amines) is 1. The van der Waals surface area contributed by atoms with Crippen LogP contribution in [0.15, 0.2) is 60.7 Å². The van der Waals surface area contributed by atoms with Gasteiger partial charge >= 0.3 is 0 Å². The normalized spacial score (nSPS) is 24.5. The average molecular weight is 475 g/mol. The van der Waals surface area contributed by atoms with Crippen molar-refractivity contribution in [3.05, 3.63) is 66.2 Å². The zero-order chi connectivity index (χ0) is 24.4. The van der Waals surface area contributed by atoms with Crippen LogP contribution in [-0.4, -0.2) is 48.8 Å². The van der Waals surface area contributed by atoms with E-state index in [0.29, 0.717) is 24.5 Å². The number of carbonyl (C=O) groups is 1. The first-order valence-corrected chi connectivity index (χ1v) is 12.5. The first-order valence-electron chi connectivity index (χ1n) is 12.5. The molecule has 3 aromatic carbocycles. The number of rotatable bonds is 6.